The van der Waals surface area contributed by atoms with Crippen LogP contribution in [0.3, 0.4) is 0 Å². The fourth-order valence-electron chi connectivity index (χ4n) is 3.04. The lowest BCUT2D eigenvalue weighted by molar-refractivity contribution is -0.386. The predicted molar refractivity (Wildman–Crippen MR) is 108 cm³/mol. The molecule has 1 saturated heterocycles. The number of rotatable bonds is 5. The molecule has 0 saturated carbocycles. The van der Waals surface area contributed by atoms with Crippen molar-refractivity contribution in [3.8, 4) is 5.88 Å². The van der Waals surface area contributed by atoms with Crippen LogP contribution in [0.1, 0.15) is 41.5 Å². The molecule has 2 rings (SSSR count). The van der Waals surface area contributed by atoms with Gasteiger partial charge in [-0.25, -0.2) is 9.59 Å². The third-order valence-electron chi connectivity index (χ3n) is 4.46. The maximum absolute atomic E-state index is 12.6. The molecular weight excluding hydrogens is 396 g/mol. The number of pyridine rings is 1. The summed E-state index contributed by atoms with van der Waals surface area (Å²) in [5.74, 6) is -1.01. The number of carboxylic acid groups (broad SMARTS) is 1. The number of amides is 1. The molecule has 2 heterocycles. The van der Waals surface area contributed by atoms with Crippen molar-refractivity contribution in [1.82, 2.24) is 9.88 Å². The van der Waals surface area contributed by atoms with Crippen LogP contribution in [0.15, 0.2) is 12.1 Å². The number of nitro groups is 1. The fraction of sp³-hybridized carbons (Fsp3) is 0.632. The monoisotopic (exact) mass is 424 g/mol. The highest BCUT2D eigenvalue weighted by Gasteiger charge is 2.48. The topological polar surface area (TPSA) is 135 Å². The lowest BCUT2D eigenvalue weighted by Crippen LogP contribution is -2.67. The van der Waals surface area contributed by atoms with Gasteiger partial charge in [0, 0.05) is 19.2 Å². The van der Waals surface area contributed by atoms with E-state index in [0.29, 0.717) is 5.82 Å². The smallest absolute Gasteiger partial charge is 0.411 e. The van der Waals surface area contributed by atoms with Crippen LogP contribution in [0, 0.1) is 10.1 Å². The molecule has 30 heavy (non-hydrogen) atoms. The van der Waals surface area contributed by atoms with E-state index in [1.165, 1.54) is 24.0 Å². The lowest BCUT2D eigenvalue weighted by atomic mass is 9.96. The number of carbonyl (C=O) groups excluding carboxylic acids is 1. The highest BCUT2D eigenvalue weighted by atomic mass is 16.6. The van der Waals surface area contributed by atoms with Gasteiger partial charge in [0.25, 0.3) is 5.88 Å². The Morgan fingerprint density at radius 3 is 2.43 bits per heavy atom. The normalized spacial score (nSPS) is 19.6. The third kappa shape index (κ3) is 5.08. The van der Waals surface area contributed by atoms with Gasteiger partial charge in [0.15, 0.2) is 5.54 Å². The standard InChI is InChI=1S/C19H28N4O7/c1-12(2)29-15-13(23(27)28)7-8-14(20-15)21-9-10-22(17(26)30-18(3,4)5)19(6,11-21)16(24)25/h7-8,12H,9-11H2,1-6H3,(H,24,25)/t19-/m0/s1. The second-order valence-corrected chi connectivity index (χ2v) is 8.55. The Bertz CT molecular complexity index is 837. The Morgan fingerprint density at radius 2 is 1.93 bits per heavy atom. The molecule has 1 fully saturated rings. The molecule has 1 aliphatic heterocycles. The van der Waals surface area contributed by atoms with Crippen LogP contribution < -0.4 is 9.64 Å². The van der Waals surface area contributed by atoms with Crippen LogP contribution in [0.4, 0.5) is 16.3 Å². The number of carboxylic acids is 1. The van der Waals surface area contributed by atoms with Crippen molar-refractivity contribution in [2.75, 3.05) is 24.5 Å². The molecular formula is C19H28N4O7. The Balaban J connectivity index is 2.35. The Labute approximate surface area is 174 Å². The molecule has 1 amide bonds. The minimum absolute atomic E-state index is 0.0759. The summed E-state index contributed by atoms with van der Waals surface area (Å²) in [5.41, 5.74) is -2.62. The number of anilines is 1. The average Bonchev–Trinajstić information content (AvgIpc) is 2.59. The number of ether oxygens (including phenoxy) is 2. The summed E-state index contributed by atoms with van der Waals surface area (Å²) >= 11 is 0. The van der Waals surface area contributed by atoms with Gasteiger partial charge in [-0.3, -0.25) is 15.0 Å². The van der Waals surface area contributed by atoms with Gasteiger partial charge >= 0.3 is 17.7 Å². The number of aliphatic carboxylic acids is 1. The third-order valence-corrected chi connectivity index (χ3v) is 4.46. The van der Waals surface area contributed by atoms with Crippen LogP contribution in [0.5, 0.6) is 5.88 Å². The summed E-state index contributed by atoms with van der Waals surface area (Å²) in [6.07, 6.45) is -1.05. The number of hydrogen-bond acceptors (Lipinski definition) is 8. The van der Waals surface area contributed by atoms with E-state index in [0.717, 1.165) is 0 Å². The predicted octanol–water partition coefficient (Wildman–Crippen LogP) is 2.68. The molecule has 0 unspecified atom stereocenters. The van der Waals surface area contributed by atoms with Gasteiger partial charge in [-0.2, -0.15) is 4.98 Å². The van der Waals surface area contributed by atoms with Gasteiger partial charge in [-0.05, 0) is 47.6 Å². The van der Waals surface area contributed by atoms with Gasteiger partial charge < -0.3 is 19.5 Å². The molecule has 11 nitrogen and oxygen atoms in total. The van der Waals surface area contributed by atoms with E-state index >= 15 is 0 Å². The molecule has 1 atom stereocenters. The van der Waals surface area contributed by atoms with Crippen molar-refractivity contribution in [3.05, 3.63) is 22.2 Å². The zero-order valence-corrected chi connectivity index (χ0v) is 18.0. The van der Waals surface area contributed by atoms with Crippen molar-refractivity contribution >= 4 is 23.6 Å². The molecule has 1 aromatic heterocycles. The van der Waals surface area contributed by atoms with E-state index < -0.39 is 28.1 Å². The summed E-state index contributed by atoms with van der Waals surface area (Å²) in [4.78, 5) is 42.4. The van der Waals surface area contributed by atoms with Crippen molar-refractivity contribution < 1.29 is 29.1 Å². The first-order valence-electron chi connectivity index (χ1n) is 9.55. The van der Waals surface area contributed by atoms with Crippen LogP contribution >= 0.6 is 0 Å². The molecule has 166 valence electrons. The fourth-order valence-corrected chi connectivity index (χ4v) is 3.04. The second kappa shape index (κ2) is 8.33. The Hall–Kier alpha value is -3.11. The van der Waals surface area contributed by atoms with E-state index in [1.807, 2.05) is 0 Å². The molecule has 0 bridgehead atoms. The van der Waals surface area contributed by atoms with Crippen LogP contribution in [-0.4, -0.2) is 68.9 Å². The average molecular weight is 424 g/mol. The number of piperazine rings is 1. The van der Waals surface area contributed by atoms with Crippen molar-refractivity contribution in [2.24, 2.45) is 0 Å². The summed E-state index contributed by atoms with van der Waals surface area (Å²) < 4.78 is 10.8. The van der Waals surface area contributed by atoms with Crippen molar-refractivity contribution in [2.45, 2.75) is 58.8 Å². The van der Waals surface area contributed by atoms with E-state index in [1.54, 1.807) is 39.5 Å². The number of nitrogens with zero attached hydrogens (tertiary/aromatic N) is 4. The van der Waals surface area contributed by atoms with Crippen LogP contribution in [-0.2, 0) is 9.53 Å². The highest BCUT2D eigenvalue weighted by Crippen LogP contribution is 2.32. The SMILES string of the molecule is CC(C)Oc1nc(N2CCN(C(=O)OC(C)(C)C)[C@](C)(C(=O)O)C2)ccc1[N+](=O)[O-]. The molecule has 1 aliphatic rings. The van der Waals surface area contributed by atoms with E-state index in [4.69, 9.17) is 9.47 Å². The lowest BCUT2D eigenvalue weighted by Gasteiger charge is -2.46. The molecule has 0 aromatic carbocycles. The molecule has 11 heteroatoms. The van der Waals surface area contributed by atoms with E-state index in [2.05, 4.69) is 4.98 Å². The molecule has 0 radical (unpaired) electrons. The van der Waals surface area contributed by atoms with Gasteiger partial charge in [-0.1, -0.05) is 0 Å². The van der Waals surface area contributed by atoms with Gasteiger partial charge in [0.1, 0.15) is 11.4 Å². The maximum Gasteiger partial charge on any atom is 0.411 e. The second-order valence-electron chi connectivity index (χ2n) is 8.55. The van der Waals surface area contributed by atoms with Gasteiger partial charge in [-0.15, -0.1) is 0 Å². The van der Waals surface area contributed by atoms with Gasteiger partial charge in [0.2, 0.25) is 0 Å². The zero-order valence-electron chi connectivity index (χ0n) is 18.0. The molecule has 1 N–H and O–H groups in total. The first kappa shape index (κ1) is 23.2. The largest absolute Gasteiger partial charge is 0.479 e. The Kier molecular flexibility index (Phi) is 6.43. The van der Waals surface area contributed by atoms with Crippen molar-refractivity contribution in [3.63, 3.8) is 0 Å². The van der Waals surface area contributed by atoms with Gasteiger partial charge in [0.05, 0.1) is 17.6 Å². The summed E-state index contributed by atoms with van der Waals surface area (Å²) in [5, 5.41) is 21.1. The number of carbonyl (C=O) groups is 2. The Morgan fingerprint density at radius 1 is 1.30 bits per heavy atom. The summed E-state index contributed by atoms with van der Waals surface area (Å²) in [6, 6.07) is 2.72. The van der Waals surface area contributed by atoms with E-state index in [9.17, 15) is 24.8 Å². The quantitative estimate of drug-likeness (QED) is 0.559. The van der Waals surface area contributed by atoms with E-state index in [-0.39, 0.29) is 37.3 Å². The molecule has 0 spiro atoms. The number of hydrogen-bond donors (Lipinski definition) is 1. The highest BCUT2D eigenvalue weighted by molar-refractivity contribution is 5.85. The van der Waals surface area contributed by atoms with Crippen LogP contribution in [0.25, 0.3) is 0 Å². The van der Waals surface area contributed by atoms with Crippen LogP contribution in [0.2, 0.25) is 0 Å². The number of aromatic nitrogens is 1. The zero-order chi connectivity index (χ0) is 22.9. The van der Waals surface area contributed by atoms with Crippen molar-refractivity contribution in [1.29, 1.82) is 0 Å². The maximum atomic E-state index is 12.6. The summed E-state index contributed by atoms with van der Waals surface area (Å²) in [6.45, 7) is 10.3. The first-order chi connectivity index (χ1) is 13.7. The summed E-state index contributed by atoms with van der Waals surface area (Å²) in [7, 11) is 0. The first-order valence-corrected chi connectivity index (χ1v) is 9.55. The minimum atomic E-state index is -1.58. The molecule has 0 aliphatic carbocycles. The molecule has 1 aromatic rings. The minimum Gasteiger partial charge on any atom is -0.479 e.